The SMILES string of the molecule is [Br][Os]([Br])([Br])([Br])([Br])[Br].[KH].[KH].[KH]. The van der Waals surface area contributed by atoms with Crippen molar-refractivity contribution in [3.8, 4) is 0 Å². The predicted molar refractivity (Wildman–Crippen MR) is 75.0 cm³/mol. The fourth-order valence-electron chi connectivity index (χ4n) is 0. The van der Waals surface area contributed by atoms with E-state index in [1.807, 2.05) is 0 Å². The molecule has 0 spiro atoms. The van der Waals surface area contributed by atoms with Gasteiger partial charge in [0.25, 0.3) is 0 Å². The Bertz CT molecular complexity index is 71.6. The molecule has 0 aromatic carbocycles. The van der Waals surface area contributed by atoms with E-state index in [1.165, 1.54) is 0 Å². The van der Waals surface area contributed by atoms with Gasteiger partial charge in [0.1, 0.15) is 0 Å². The Hall–Kier alpha value is 8.43. The Morgan fingerprint density at radius 1 is 0.500 bits per heavy atom. The van der Waals surface area contributed by atoms with E-state index >= 15 is 0 Å². The van der Waals surface area contributed by atoms with E-state index in [0.717, 1.165) is 0 Å². The molecule has 0 bridgehead atoms. The Balaban J connectivity index is -0.0000000600. The summed E-state index contributed by atoms with van der Waals surface area (Å²) in [7, 11) is 0. The average Bonchev–Trinajstić information content (AvgIpc) is 0.592. The number of hydrogen-bond acceptors (Lipinski definition) is 0. The molecule has 0 saturated heterocycles. The molecule has 0 nitrogen and oxygen atoms in total. The molecule has 10 heteroatoms. The minimum absolute atomic E-state index is 0. The van der Waals surface area contributed by atoms with Crippen molar-refractivity contribution in [3.05, 3.63) is 0 Å². The first-order chi connectivity index (χ1) is 2.45. The molecular weight excluding hydrogens is 787 g/mol. The third-order valence-corrected chi connectivity index (χ3v) is 0. The van der Waals surface area contributed by atoms with Crippen molar-refractivity contribution in [1.29, 1.82) is 0 Å². The molecule has 0 aromatic rings. The molecule has 0 unspecified atom stereocenters. The van der Waals surface area contributed by atoms with Gasteiger partial charge in [0.05, 0.1) is 0 Å². The van der Waals surface area contributed by atoms with Crippen LogP contribution in [0.3, 0.4) is 0 Å². The normalized spacial score (nSPS) is 16.2. The zero-order valence-corrected chi connectivity index (χ0v) is 14.7. The Morgan fingerprint density at radius 2 is 0.500 bits per heavy atom. The Labute approximate surface area is 227 Å². The van der Waals surface area contributed by atoms with Crippen molar-refractivity contribution in [2.24, 2.45) is 0 Å². The van der Waals surface area contributed by atoms with Crippen LogP contribution in [0, 0.1) is 0 Å². The average molecular weight is 790 g/mol. The van der Waals surface area contributed by atoms with Gasteiger partial charge in [-0.05, 0) is 0 Å². The van der Waals surface area contributed by atoms with Gasteiger partial charge in [-0.3, -0.25) is 0 Å². The van der Waals surface area contributed by atoms with Crippen LogP contribution in [0.1, 0.15) is 0 Å². The van der Waals surface area contributed by atoms with Crippen LogP contribution in [0.4, 0.5) is 0 Å². The molecule has 0 aliphatic heterocycles. The molecule has 0 amide bonds. The summed E-state index contributed by atoms with van der Waals surface area (Å²) in [4.78, 5) is 0. The van der Waals surface area contributed by atoms with Crippen molar-refractivity contribution >= 4 is 236 Å². The number of rotatable bonds is 0. The van der Waals surface area contributed by atoms with Gasteiger partial charge in [-0.25, -0.2) is 0 Å². The van der Waals surface area contributed by atoms with Crippen LogP contribution >= 0.6 is 81.4 Å². The van der Waals surface area contributed by atoms with Gasteiger partial charge in [-0.15, -0.1) is 0 Å². The van der Waals surface area contributed by atoms with Crippen LogP contribution in [0.25, 0.3) is 0 Å². The fraction of sp³-hybridized carbons (Fsp3) is 0. The second kappa shape index (κ2) is 8.57. The fourth-order valence-corrected chi connectivity index (χ4v) is 0. The van der Waals surface area contributed by atoms with E-state index < -0.39 is 0.772 Å². The van der Waals surface area contributed by atoms with Gasteiger partial charge in [0.15, 0.2) is 0 Å². The van der Waals surface area contributed by atoms with Crippen LogP contribution in [0.2, 0.25) is 0 Å². The standard InChI is InChI=1S/6BrH.3K.Os.3H/h6*1H;;;;;;;/q;;;;;;;;;+6;;;/p-6. The van der Waals surface area contributed by atoms with Crippen molar-refractivity contribution in [2.45, 2.75) is 0 Å². The third-order valence-electron chi connectivity index (χ3n) is 0. The molecule has 0 rings (SSSR count). The molecule has 0 fully saturated rings. The number of halogens is 6. The topological polar surface area (TPSA) is 0 Å². The van der Waals surface area contributed by atoms with Gasteiger partial charge in [0.2, 0.25) is 0 Å². The molecule has 0 saturated carbocycles. The van der Waals surface area contributed by atoms with E-state index in [4.69, 9.17) is 0 Å². The maximum atomic E-state index is 3.36. The summed E-state index contributed by atoms with van der Waals surface area (Å²) < 4.78 is -3.34. The molecule has 0 aliphatic carbocycles. The maximum absolute atomic E-state index is 3.36. The van der Waals surface area contributed by atoms with Crippen LogP contribution in [-0.4, -0.2) is 154 Å². The van der Waals surface area contributed by atoms with Crippen LogP contribution in [-0.2, 0) is 0.772 Å². The molecule has 10 heavy (non-hydrogen) atoms. The molecule has 0 atom stereocenters. The van der Waals surface area contributed by atoms with Crippen molar-refractivity contribution in [2.75, 3.05) is 0 Å². The van der Waals surface area contributed by atoms with E-state index in [-0.39, 0.29) is 154 Å². The van der Waals surface area contributed by atoms with E-state index in [1.54, 1.807) is 0 Å². The van der Waals surface area contributed by atoms with E-state index in [2.05, 4.69) is 81.4 Å². The van der Waals surface area contributed by atoms with Crippen molar-refractivity contribution in [3.63, 3.8) is 0 Å². The van der Waals surface area contributed by atoms with E-state index in [0.29, 0.717) is 0 Å². The van der Waals surface area contributed by atoms with Crippen molar-refractivity contribution in [1.82, 2.24) is 0 Å². The van der Waals surface area contributed by atoms with E-state index in [9.17, 15) is 0 Å². The Morgan fingerprint density at radius 3 is 0.500 bits per heavy atom. The first-order valence-corrected chi connectivity index (χ1v) is 34.1. The molecule has 0 heterocycles. The van der Waals surface area contributed by atoms with Gasteiger partial charge >= 0.3 is 236 Å². The molecule has 0 aliphatic rings. The van der Waals surface area contributed by atoms with Crippen molar-refractivity contribution < 1.29 is 0.772 Å². The zero-order chi connectivity index (χ0) is 6.41. The van der Waals surface area contributed by atoms with Gasteiger partial charge in [0, 0.05) is 0 Å². The first-order valence-electron chi connectivity index (χ1n) is 0.802. The molecule has 56 valence electrons. The Kier molecular flexibility index (Phi) is 23.0. The van der Waals surface area contributed by atoms with Gasteiger partial charge in [-0.2, -0.15) is 0 Å². The third kappa shape index (κ3) is 55.1. The summed E-state index contributed by atoms with van der Waals surface area (Å²) >= 11 is 20.2. The molecule has 0 radical (unpaired) electrons. The molecule has 0 aromatic heterocycles. The van der Waals surface area contributed by atoms with Gasteiger partial charge < -0.3 is 0 Å². The summed E-state index contributed by atoms with van der Waals surface area (Å²) in [6, 6.07) is 0. The molecular formula is H3Br6K3Os. The summed E-state index contributed by atoms with van der Waals surface area (Å²) in [6.07, 6.45) is 0. The monoisotopic (exact) mass is 785 g/mol. The predicted octanol–water partition coefficient (Wildman–Crippen LogP) is 3.13. The summed E-state index contributed by atoms with van der Waals surface area (Å²) in [5, 5.41) is 0. The summed E-state index contributed by atoms with van der Waals surface area (Å²) in [6.45, 7) is 0. The number of hydrogen-bond donors (Lipinski definition) is 0. The summed E-state index contributed by atoms with van der Waals surface area (Å²) in [5.74, 6) is 0. The van der Waals surface area contributed by atoms with Crippen LogP contribution < -0.4 is 0 Å². The van der Waals surface area contributed by atoms with Crippen LogP contribution in [0.5, 0.6) is 0 Å². The van der Waals surface area contributed by atoms with Gasteiger partial charge in [-0.1, -0.05) is 0 Å². The first kappa shape index (κ1) is 26.9. The zero-order valence-electron chi connectivity index (χ0n) is 2.62. The second-order valence-corrected chi connectivity index (χ2v) is 167. The summed E-state index contributed by atoms with van der Waals surface area (Å²) in [5.41, 5.74) is 0. The minimum atomic E-state index is -3.34. The quantitative estimate of drug-likeness (QED) is 0.332. The molecule has 0 N–H and O–H groups in total. The second-order valence-electron chi connectivity index (χ2n) is 0.758. The van der Waals surface area contributed by atoms with Crippen LogP contribution in [0.15, 0.2) is 0 Å².